The monoisotopic (exact) mass is 190 g/mol. The van der Waals surface area contributed by atoms with Crippen molar-refractivity contribution in [3.63, 3.8) is 0 Å². The number of ether oxygens (including phenoxy) is 1. The lowest BCUT2D eigenvalue weighted by Gasteiger charge is -2.15. The molecule has 14 heavy (non-hydrogen) atoms. The summed E-state index contributed by atoms with van der Waals surface area (Å²) in [6.07, 6.45) is -0.418. The minimum Gasteiger partial charge on any atom is -0.441 e. The van der Waals surface area contributed by atoms with Gasteiger partial charge in [-0.15, -0.1) is 0 Å². The van der Waals surface area contributed by atoms with Crippen LogP contribution in [0.3, 0.4) is 0 Å². The van der Waals surface area contributed by atoms with Gasteiger partial charge in [0.05, 0.1) is 11.4 Å². The van der Waals surface area contributed by atoms with E-state index in [0.717, 1.165) is 5.69 Å². The number of cyclic esters (lactones) is 1. The first-order valence-corrected chi connectivity index (χ1v) is 4.24. The molecule has 1 heterocycles. The number of hydrogen-bond acceptors (Lipinski definition) is 3. The van der Waals surface area contributed by atoms with Crippen LogP contribution in [0.25, 0.3) is 0 Å². The molecule has 1 aromatic carbocycles. The Bertz CT molecular complexity index is 346. The quantitative estimate of drug-likeness (QED) is 0.775. The fourth-order valence-electron chi connectivity index (χ4n) is 1.17. The van der Waals surface area contributed by atoms with Gasteiger partial charge in [-0.25, -0.2) is 4.79 Å². The van der Waals surface area contributed by atoms with Crippen molar-refractivity contribution in [2.45, 2.75) is 0 Å². The van der Waals surface area contributed by atoms with Gasteiger partial charge in [0.2, 0.25) is 0 Å². The molecule has 0 aromatic heterocycles. The minimum absolute atomic E-state index is 0.249. The van der Waals surface area contributed by atoms with Crippen molar-refractivity contribution in [3.8, 4) is 0 Å². The highest BCUT2D eigenvalue weighted by atomic mass is 16.6. The van der Waals surface area contributed by atoms with Gasteiger partial charge in [0.15, 0.2) is 0 Å². The normalized spacial score (nSPS) is 15.6. The number of benzene rings is 1. The van der Waals surface area contributed by atoms with E-state index in [1.54, 1.807) is 0 Å². The van der Waals surface area contributed by atoms with E-state index in [0.29, 0.717) is 5.70 Å². The van der Waals surface area contributed by atoms with Crippen molar-refractivity contribution in [1.82, 2.24) is 5.01 Å². The zero-order chi connectivity index (χ0) is 9.97. The lowest BCUT2D eigenvalue weighted by Crippen LogP contribution is -2.28. The maximum atomic E-state index is 11.2. The zero-order valence-electron chi connectivity index (χ0n) is 7.56. The van der Waals surface area contributed by atoms with Crippen LogP contribution in [-0.2, 0) is 4.74 Å². The van der Waals surface area contributed by atoms with Crippen LogP contribution in [0.2, 0.25) is 0 Å². The average molecular weight is 190 g/mol. The van der Waals surface area contributed by atoms with Crippen LogP contribution < -0.4 is 5.43 Å². The van der Waals surface area contributed by atoms with Gasteiger partial charge >= 0.3 is 6.09 Å². The molecule has 1 saturated heterocycles. The molecule has 1 N–H and O–H groups in total. The summed E-state index contributed by atoms with van der Waals surface area (Å²) in [5.41, 5.74) is 4.34. The molecule has 72 valence electrons. The predicted molar refractivity (Wildman–Crippen MR) is 52.4 cm³/mol. The van der Waals surface area contributed by atoms with Crippen molar-refractivity contribution >= 4 is 11.8 Å². The summed E-state index contributed by atoms with van der Waals surface area (Å²) in [4.78, 5) is 11.2. The molecule has 0 unspecified atom stereocenters. The van der Waals surface area contributed by atoms with Crippen molar-refractivity contribution in [3.05, 3.63) is 42.6 Å². The standard InChI is InChI=1S/C10H10N2O2/c1-8-7-14-10(13)12(8)11-9-5-3-2-4-6-9/h2-6,11H,1,7H2. The first kappa shape index (κ1) is 8.62. The molecule has 1 aliphatic rings. The summed E-state index contributed by atoms with van der Waals surface area (Å²) >= 11 is 0. The van der Waals surface area contributed by atoms with Crippen LogP contribution in [0.4, 0.5) is 10.5 Å². The Labute approximate surface area is 81.8 Å². The molecule has 1 aromatic rings. The number of hydrogen-bond donors (Lipinski definition) is 1. The van der Waals surface area contributed by atoms with E-state index in [9.17, 15) is 4.79 Å². The highest BCUT2D eigenvalue weighted by Crippen LogP contribution is 2.16. The largest absolute Gasteiger partial charge is 0.441 e. The smallest absolute Gasteiger partial charge is 0.433 e. The Morgan fingerprint density at radius 1 is 1.36 bits per heavy atom. The lowest BCUT2D eigenvalue weighted by molar-refractivity contribution is 0.163. The average Bonchev–Trinajstić information content (AvgIpc) is 2.51. The van der Waals surface area contributed by atoms with E-state index in [-0.39, 0.29) is 6.61 Å². The molecular weight excluding hydrogens is 180 g/mol. The van der Waals surface area contributed by atoms with Crippen molar-refractivity contribution in [2.24, 2.45) is 0 Å². The number of nitrogens with zero attached hydrogens (tertiary/aromatic N) is 1. The molecule has 2 rings (SSSR count). The molecule has 1 aliphatic heterocycles. The fourth-order valence-corrected chi connectivity index (χ4v) is 1.17. The summed E-state index contributed by atoms with van der Waals surface area (Å²) in [6, 6.07) is 9.39. The van der Waals surface area contributed by atoms with E-state index in [1.165, 1.54) is 5.01 Å². The molecule has 0 atom stereocenters. The van der Waals surface area contributed by atoms with E-state index < -0.39 is 6.09 Å². The number of para-hydroxylation sites is 1. The SMILES string of the molecule is C=C1COC(=O)N1Nc1ccccc1. The maximum absolute atomic E-state index is 11.2. The molecule has 4 nitrogen and oxygen atoms in total. The zero-order valence-corrected chi connectivity index (χ0v) is 7.56. The second-order valence-corrected chi connectivity index (χ2v) is 2.93. The predicted octanol–water partition coefficient (Wildman–Crippen LogP) is 1.98. The molecule has 1 fully saturated rings. The number of amides is 1. The van der Waals surface area contributed by atoms with E-state index in [2.05, 4.69) is 12.0 Å². The van der Waals surface area contributed by atoms with Gasteiger partial charge in [-0.1, -0.05) is 24.8 Å². The minimum atomic E-state index is -0.418. The van der Waals surface area contributed by atoms with Crippen molar-refractivity contribution in [2.75, 3.05) is 12.0 Å². The summed E-state index contributed by atoms with van der Waals surface area (Å²) < 4.78 is 4.77. The summed E-state index contributed by atoms with van der Waals surface area (Å²) in [6.45, 7) is 3.95. The number of anilines is 1. The Balaban J connectivity index is 2.11. The Kier molecular flexibility index (Phi) is 2.10. The second-order valence-electron chi connectivity index (χ2n) is 2.93. The molecule has 0 saturated carbocycles. The van der Waals surface area contributed by atoms with Gasteiger partial charge in [0, 0.05) is 0 Å². The summed E-state index contributed by atoms with van der Waals surface area (Å²) in [7, 11) is 0. The molecule has 0 bridgehead atoms. The third kappa shape index (κ3) is 1.54. The van der Waals surface area contributed by atoms with E-state index in [1.807, 2.05) is 30.3 Å². The Hall–Kier alpha value is -1.97. The Morgan fingerprint density at radius 2 is 2.07 bits per heavy atom. The van der Waals surface area contributed by atoms with Gasteiger partial charge in [-0.2, -0.15) is 5.01 Å². The van der Waals surface area contributed by atoms with Crippen LogP contribution >= 0.6 is 0 Å². The highest BCUT2D eigenvalue weighted by molar-refractivity contribution is 5.74. The number of rotatable bonds is 2. The molecule has 4 heteroatoms. The number of carbonyl (C=O) groups is 1. The Morgan fingerprint density at radius 3 is 2.64 bits per heavy atom. The summed E-state index contributed by atoms with van der Waals surface area (Å²) in [5.74, 6) is 0. The maximum Gasteiger partial charge on any atom is 0.433 e. The van der Waals surface area contributed by atoms with Gasteiger partial charge in [0.25, 0.3) is 0 Å². The molecule has 0 aliphatic carbocycles. The third-order valence-corrected chi connectivity index (χ3v) is 1.88. The van der Waals surface area contributed by atoms with Gasteiger partial charge in [-0.05, 0) is 12.1 Å². The van der Waals surface area contributed by atoms with Gasteiger partial charge in [-0.3, -0.25) is 5.43 Å². The molecule has 1 amide bonds. The van der Waals surface area contributed by atoms with Crippen LogP contribution in [0, 0.1) is 0 Å². The van der Waals surface area contributed by atoms with E-state index in [4.69, 9.17) is 4.74 Å². The van der Waals surface area contributed by atoms with Gasteiger partial charge in [0.1, 0.15) is 6.61 Å². The first-order valence-electron chi connectivity index (χ1n) is 4.24. The number of hydrazine groups is 1. The van der Waals surface area contributed by atoms with Crippen molar-refractivity contribution < 1.29 is 9.53 Å². The van der Waals surface area contributed by atoms with Crippen LogP contribution in [0.5, 0.6) is 0 Å². The first-order chi connectivity index (χ1) is 6.77. The third-order valence-electron chi connectivity index (χ3n) is 1.88. The number of nitrogens with one attached hydrogen (secondary N) is 1. The molecular formula is C10H10N2O2. The molecule has 0 spiro atoms. The fraction of sp³-hybridized carbons (Fsp3) is 0.100. The van der Waals surface area contributed by atoms with Crippen LogP contribution in [0.1, 0.15) is 0 Å². The second kappa shape index (κ2) is 3.41. The summed E-state index contributed by atoms with van der Waals surface area (Å²) in [5, 5.41) is 1.30. The van der Waals surface area contributed by atoms with Crippen LogP contribution in [-0.4, -0.2) is 17.7 Å². The highest BCUT2D eigenvalue weighted by Gasteiger charge is 2.25. The topological polar surface area (TPSA) is 41.6 Å². The van der Waals surface area contributed by atoms with E-state index >= 15 is 0 Å². The van der Waals surface area contributed by atoms with Crippen molar-refractivity contribution in [1.29, 1.82) is 0 Å². The number of carbonyl (C=O) groups excluding carboxylic acids is 1. The van der Waals surface area contributed by atoms with Gasteiger partial charge < -0.3 is 4.74 Å². The molecule has 0 radical (unpaired) electrons. The van der Waals surface area contributed by atoms with Crippen LogP contribution in [0.15, 0.2) is 42.6 Å². The lowest BCUT2D eigenvalue weighted by atomic mass is 10.3.